The van der Waals surface area contributed by atoms with Crippen LogP contribution >= 0.6 is 0 Å². The Kier molecular flexibility index (Phi) is 4.99. The molecule has 0 N–H and O–H groups in total. The molecule has 0 unspecified atom stereocenters. The van der Waals surface area contributed by atoms with Gasteiger partial charge in [-0.05, 0) is 23.8 Å². The summed E-state index contributed by atoms with van der Waals surface area (Å²) in [7, 11) is 1.72. The number of halogens is 1. The summed E-state index contributed by atoms with van der Waals surface area (Å²) in [4.78, 5) is 12.4. The number of aromatic nitrogens is 3. The van der Waals surface area contributed by atoms with Crippen LogP contribution in [0.15, 0.2) is 60.7 Å². The third-order valence-electron chi connectivity index (χ3n) is 3.92. The van der Waals surface area contributed by atoms with Crippen LogP contribution in [-0.2, 0) is 11.8 Å². The Labute approximate surface area is 150 Å². The van der Waals surface area contributed by atoms with Gasteiger partial charge in [-0.15, -0.1) is 10.2 Å². The summed E-state index contributed by atoms with van der Waals surface area (Å²) in [5.74, 6) is -0.972. The lowest BCUT2D eigenvalue weighted by Gasteiger charge is -2.06. The van der Waals surface area contributed by atoms with Gasteiger partial charge in [-0.1, -0.05) is 48.5 Å². The van der Waals surface area contributed by atoms with E-state index in [0.29, 0.717) is 11.4 Å². The Bertz CT molecular complexity index is 985. The smallest absolute Gasteiger partial charge is 0.180 e. The van der Waals surface area contributed by atoms with E-state index in [-0.39, 0.29) is 11.6 Å². The number of nitrogens with zero attached hydrogens (tertiary/aromatic N) is 4. The van der Waals surface area contributed by atoms with Crippen LogP contribution in [0.1, 0.15) is 17.3 Å². The first-order chi connectivity index (χ1) is 12.6. The molecule has 0 spiro atoms. The van der Waals surface area contributed by atoms with Crippen molar-refractivity contribution >= 4 is 11.9 Å². The summed E-state index contributed by atoms with van der Waals surface area (Å²) in [6.07, 6.45) is 2.85. The topological polar surface area (TPSA) is 71.6 Å². The summed E-state index contributed by atoms with van der Waals surface area (Å²) in [6, 6.07) is 17.1. The summed E-state index contributed by atoms with van der Waals surface area (Å²) in [6.45, 7) is 0. The van der Waals surface area contributed by atoms with Crippen LogP contribution < -0.4 is 0 Å². The lowest BCUT2D eigenvalue weighted by Crippen LogP contribution is -2.13. The van der Waals surface area contributed by atoms with Crippen LogP contribution in [0.2, 0.25) is 0 Å². The van der Waals surface area contributed by atoms with E-state index in [1.165, 1.54) is 18.2 Å². The third-order valence-corrected chi connectivity index (χ3v) is 3.92. The summed E-state index contributed by atoms with van der Waals surface area (Å²) in [5.41, 5.74) is 1.51. The van der Waals surface area contributed by atoms with Gasteiger partial charge in [0, 0.05) is 12.6 Å². The molecule has 128 valence electrons. The van der Waals surface area contributed by atoms with Gasteiger partial charge in [0.15, 0.2) is 23.3 Å². The molecule has 1 heterocycles. The van der Waals surface area contributed by atoms with Gasteiger partial charge in [-0.3, -0.25) is 4.79 Å². The van der Waals surface area contributed by atoms with E-state index in [2.05, 4.69) is 10.2 Å². The number of ketones is 1. The molecule has 3 aromatic rings. The molecule has 1 atom stereocenters. The Morgan fingerprint density at radius 3 is 2.50 bits per heavy atom. The Morgan fingerprint density at radius 1 is 1.15 bits per heavy atom. The highest BCUT2D eigenvalue weighted by Crippen LogP contribution is 2.22. The molecule has 1 aromatic heterocycles. The monoisotopic (exact) mass is 346 g/mol. The van der Waals surface area contributed by atoms with Gasteiger partial charge >= 0.3 is 0 Å². The first-order valence-electron chi connectivity index (χ1n) is 7.92. The SMILES string of the molecule is Cn1c(-c2ccccc2)nnc1[C@@H](C#N)C(=O)/C=C/c1ccc(F)cc1. The highest BCUT2D eigenvalue weighted by atomic mass is 19.1. The van der Waals surface area contributed by atoms with Crippen molar-refractivity contribution in [3.63, 3.8) is 0 Å². The molecule has 0 aliphatic heterocycles. The first-order valence-corrected chi connectivity index (χ1v) is 7.92. The molecule has 0 bridgehead atoms. The second-order valence-electron chi connectivity index (χ2n) is 5.66. The van der Waals surface area contributed by atoms with Crippen LogP contribution in [0.5, 0.6) is 0 Å². The van der Waals surface area contributed by atoms with E-state index < -0.39 is 11.7 Å². The summed E-state index contributed by atoms with van der Waals surface area (Å²) >= 11 is 0. The van der Waals surface area contributed by atoms with Crippen molar-refractivity contribution in [2.75, 3.05) is 0 Å². The maximum absolute atomic E-state index is 12.9. The number of nitriles is 1. The number of allylic oxidation sites excluding steroid dienone is 1. The second kappa shape index (κ2) is 7.53. The van der Waals surface area contributed by atoms with Crippen LogP contribution in [-0.4, -0.2) is 20.5 Å². The van der Waals surface area contributed by atoms with Gasteiger partial charge < -0.3 is 4.57 Å². The fourth-order valence-corrected chi connectivity index (χ4v) is 2.53. The van der Waals surface area contributed by atoms with Crippen molar-refractivity contribution in [3.8, 4) is 17.5 Å². The first kappa shape index (κ1) is 17.2. The fraction of sp³-hybridized carbons (Fsp3) is 0.100. The van der Waals surface area contributed by atoms with Crippen LogP contribution in [0.3, 0.4) is 0 Å². The number of carbonyl (C=O) groups excluding carboxylic acids is 1. The van der Waals surface area contributed by atoms with Crippen LogP contribution in [0, 0.1) is 17.1 Å². The molecule has 0 saturated carbocycles. The molecule has 0 saturated heterocycles. The minimum Gasteiger partial charge on any atom is -0.313 e. The zero-order valence-electron chi connectivity index (χ0n) is 14.0. The highest BCUT2D eigenvalue weighted by Gasteiger charge is 2.25. The van der Waals surface area contributed by atoms with E-state index >= 15 is 0 Å². The van der Waals surface area contributed by atoms with Crippen molar-refractivity contribution in [2.24, 2.45) is 7.05 Å². The average Bonchev–Trinajstić information content (AvgIpc) is 3.04. The Balaban J connectivity index is 1.85. The molecule has 5 nitrogen and oxygen atoms in total. The number of hydrogen-bond acceptors (Lipinski definition) is 4. The number of rotatable bonds is 5. The largest absolute Gasteiger partial charge is 0.313 e. The zero-order valence-corrected chi connectivity index (χ0v) is 14.0. The third kappa shape index (κ3) is 3.57. The number of carbonyl (C=O) groups is 1. The van der Waals surface area contributed by atoms with Crippen molar-refractivity contribution in [1.82, 2.24) is 14.8 Å². The Morgan fingerprint density at radius 2 is 1.85 bits per heavy atom. The predicted molar refractivity (Wildman–Crippen MR) is 95.2 cm³/mol. The molecule has 3 rings (SSSR count). The van der Waals surface area contributed by atoms with E-state index in [1.807, 2.05) is 36.4 Å². The van der Waals surface area contributed by atoms with E-state index in [9.17, 15) is 14.4 Å². The van der Waals surface area contributed by atoms with Crippen molar-refractivity contribution < 1.29 is 9.18 Å². The normalized spacial score (nSPS) is 12.0. The molecule has 26 heavy (non-hydrogen) atoms. The van der Waals surface area contributed by atoms with Gasteiger partial charge in [-0.2, -0.15) is 5.26 Å². The molecule has 2 aromatic carbocycles. The summed E-state index contributed by atoms with van der Waals surface area (Å²) < 4.78 is 14.6. The molecule has 0 radical (unpaired) electrons. The number of benzene rings is 2. The quantitative estimate of drug-likeness (QED) is 0.663. The van der Waals surface area contributed by atoms with Crippen LogP contribution in [0.4, 0.5) is 4.39 Å². The van der Waals surface area contributed by atoms with E-state index in [0.717, 1.165) is 5.56 Å². The van der Waals surface area contributed by atoms with E-state index in [4.69, 9.17) is 0 Å². The lowest BCUT2D eigenvalue weighted by molar-refractivity contribution is -0.115. The fourth-order valence-electron chi connectivity index (χ4n) is 2.53. The van der Waals surface area contributed by atoms with Gasteiger partial charge in [0.2, 0.25) is 0 Å². The molecule has 0 aliphatic rings. The minimum atomic E-state index is -1.07. The predicted octanol–water partition coefficient (Wildman–Crippen LogP) is 3.51. The maximum atomic E-state index is 12.9. The zero-order chi connectivity index (χ0) is 18.5. The van der Waals surface area contributed by atoms with Gasteiger partial charge in [-0.25, -0.2) is 4.39 Å². The number of hydrogen-bond donors (Lipinski definition) is 0. The van der Waals surface area contributed by atoms with Gasteiger partial charge in [0.25, 0.3) is 0 Å². The van der Waals surface area contributed by atoms with Gasteiger partial charge in [0.1, 0.15) is 5.82 Å². The van der Waals surface area contributed by atoms with Crippen LogP contribution in [0.25, 0.3) is 17.5 Å². The second-order valence-corrected chi connectivity index (χ2v) is 5.66. The standard InChI is InChI=1S/C20H15FN4O/c1-25-19(15-5-3-2-4-6-15)23-24-20(25)17(13-22)18(26)12-9-14-7-10-16(21)11-8-14/h2-12,17H,1H3/b12-9+/t17-/m0/s1. The molecular weight excluding hydrogens is 331 g/mol. The molecule has 0 fully saturated rings. The lowest BCUT2D eigenvalue weighted by atomic mass is 10.0. The molecule has 0 aliphatic carbocycles. The highest BCUT2D eigenvalue weighted by molar-refractivity contribution is 5.99. The molecular formula is C20H15FN4O. The maximum Gasteiger partial charge on any atom is 0.180 e. The van der Waals surface area contributed by atoms with Gasteiger partial charge in [0.05, 0.1) is 6.07 Å². The minimum absolute atomic E-state index is 0.278. The van der Waals surface area contributed by atoms with Crippen molar-refractivity contribution in [2.45, 2.75) is 5.92 Å². The van der Waals surface area contributed by atoms with Crippen molar-refractivity contribution in [3.05, 3.63) is 77.9 Å². The van der Waals surface area contributed by atoms with Crippen molar-refractivity contribution in [1.29, 1.82) is 5.26 Å². The Hall–Kier alpha value is -3.59. The summed E-state index contributed by atoms with van der Waals surface area (Å²) in [5, 5.41) is 17.6. The van der Waals surface area contributed by atoms with E-state index in [1.54, 1.807) is 29.8 Å². The molecule has 0 amide bonds. The molecule has 6 heteroatoms. The average molecular weight is 346 g/mol.